The number of likely N-dealkylation sites (N-methyl/N-ethyl adjacent to an activating group) is 2. The van der Waals surface area contributed by atoms with Crippen LogP contribution in [0.2, 0.25) is 0 Å². The maximum absolute atomic E-state index is 12.9. The Labute approximate surface area is 199 Å². The molecule has 0 saturated heterocycles. The minimum Gasteiger partial charge on any atom is -0.373 e. The van der Waals surface area contributed by atoms with E-state index in [9.17, 15) is 9.59 Å². The first-order valence-electron chi connectivity index (χ1n) is 13.0. The lowest BCUT2D eigenvalue weighted by Gasteiger charge is -2.60. The molecule has 0 bridgehead atoms. The average molecular weight is 452 g/mol. The van der Waals surface area contributed by atoms with E-state index in [1.807, 2.05) is 18.0 Å². The van der Waals surface area contributed by atoms with Gasteiger partial charge >= 0.3 is 0 Å². The number of allylic oxidation sites excluding steroid dienone is 2. The predicted molar refractivity (Wildman–Crippen MR) is 131 cm³/mol. The molecule has 33 heavy (non-hydrogen) atoms. The highest BCUT2D eigenvalue weighted by atomic mass is 16.2. The van der Waals surface area contributed by atoms with Crippen molar-refractivity contribution in [2.75, 3.05) is 27.2 Å². The molecule has 5 rings (SSSR count). The van der Waals surface area contributed by atoms with Crippen molar-refractivity contribution in [3.8, 4) is 0 Å². The Balaban J connectivity index is 1.26. The van der Waals surface area contributed by atoms with Gasteiger partial charge in [-0.2, -0.15) is 0 Å². The smallest absolute Gasteiger partial charge is 0.246 e. The lowest BCUT2D eigenvalue weighted by atomic mass is 9.47. The van der Waals surface area contributed by atoms with Gasteiger partial charge in [0.1, 0.15) is 0 Å². The topological polar surface area (TPSA) is 52.7 Å². The summed E-state index contributed by atoms with van der Waals surface area (Å²) in [4.78, 5) is 29.4. The molecule has 5 aliphatic rings. The van der Waals surface area contributed by atoms with Crippen molar-refractivity contribution in [2.45, 2.75) is 64.8 Å². The van der Waals surface area contributed by atoms with Gasteiger partial charge in [-0.05, 0) is 79.8 Å². The first kappa shape index (κ1) is 22.7. The molecule has 5 heteroatoms. The summed E-state index contributed by atoms with van der Waals surface area (Å²) < 4.78 is 0. The third-order valence-corrected chi connectivity index (χ3v) is 10.5. The number of carbonyl (C=O) groups excluding carboxylic acids is 2. The quantitative estimate of drug-likeness (QED) is 0.699. The summed E-state index contributed by atoms with van der Waals surface area (Å²) in [6, 6.07) is 0.339. The summed E-state index contributed by atoms with van der Waals surface area (Å²) in [6.07, 6.45) is 18.2. The molecule has 0 aromatic heterocycles. The Hall–Kier alpha value is -2.04. The SMILES string of the molecule is CN1CC=CC=C1CNC(=O)CC1CC[C@H]2[C@@H]3CC[C@H]4N(C)C(=O)C=C[C@]4(C)[C@H]3CC[C@]12C. The van der Waals surface area contributed by atoms with E-state index in [4.69, 9.17) is 0 Å². The van der Waals surface area contributed by atoms with Crippen molar-refractivity contribution in [2.24, 2.45) is 34.5 Å². The summed E-state index contributed by atoms with van der Waals surface area (Å²) >= 11 is 0. The fourth-order valence-electron chi connectivity index (χ4n) is 8.50. The number of nitrogens with zero attached hydrogens (tertiary/aromatic N) is 2. The Morgan fingerprint density at radius 2 is 1.94 bits per heavy atom. The van der Waals surface area contributed by atoms with Crippen molar-refractivity contribution >= 4 is 11.8 Å². The maximum atomic E-state index is 12.9. The first-order chi connectivity index (χ1) is 15.7. The highest BCUT2D eigenvalue weighted by Crippen LogP contribution is 2.65. The first-order valence-corrected chi connectivity index (χ1v) is 13.0. The molecule has 0 radical (unpaired) electrons. The lowest BCUT2D eigenvalue weighted by Crippen LogP contribution is -2.59. The van der Waals surface area contributed by atoms with E-state index in [0.717, 1.165) is 18.9 Å². The monoisotopic (exact) mass is 451 g/mol. The summed E-state index contributed by atoms with van der Waals surface area (Å²) in [5, 5.41) is 3.20. The fraction of sp³-hybridized carbons (Fsp3) is 0.714. The zero-order valence-corrected chi connectivity index (χ0v) is 20.8. The molecule has 0 aromatic carbocycles. The molecule has 1 N–H and O–H groups in total. The van der Waals surface area contributed by atoms with Crippen molar-refractivity contribution in [3.63, 3.8) is 0 Å². The minimum atomic E-state index is 0.0938. The van der Waals surface area contributed by atoms with Crippen molar-refractivity contribution in [3.05, 3.63) is 36.1 Å². The highest BCUT2D eigenvalue weighted by Gasteiger charge is 2.60. The van der Waals surface area contributed by atoms with Crippen LogP contribution in [0.25, 0.3) is 0 Å². The van der Waals surface area contributed by atoms with Crippen molar-refractivity contribution in [1.29, 1.82) is 0 Å². The van der Waals surface area contributed by atoms with Crippen LogP contribution in [-0.4, -0.2) is 54.8 Å². The number of rotatable bonds is 4. The molecule has 3 saturated carbocycles. The molecule has 0 spiro atoms. The van der Waals surface area contributed by atoms with Gasteiger partial charge in [0.25, 0.3) is 0 Å². The second-order valence-electron chi connectivity index (χ2n) is 11.9. The van der Waals surface area contributed by atoms with E-state index in [1.54, 1.807) is 0 Å². The molecule has 180 valence electrons. The number of nitrogens with one attached hydrogen (secondary N) is 1. The third-order valence-electron chi connectivity index (χ3n) is 10.5. The van der Waals surface area contributed by atoms with Gasteiger partial charge < -0.3 is 15.1 Å². The second-order valence-corrected chi connectivity index (χ2v) is 11.9. The van der Waals surface area contributed by atoms with Crippen LogP contribution in [0.15, 0.2) is 36.1 Å². The molecule has 7 atom stereocenters. The molecular formula is C28H41N3O2. The second kappa shape index (κ2) is 8.32. The van der Waals surface area contributed by atoms with Gasteiger partial charge in [0.2, 0.25) is 11.8 Å². The maximum Gasteiger partial charge on any atom is 0.246 e. The van der Waals surface area contributed by atoms with E-state index < -0.39 is 0 Å². The van der Waals surface area contributed by atoms with Crippen LogP contribution in [-0.2, 0) is 9.59 Å². The van der Waals surface area contributed by atoms with E-state index >= 15 is 0 Å². The molecular weight excluding hydrogens is 410 g/mol. The van der Waals surface area contributed by atoms with Crippen molar-refractivity contribution < 1.29 is 9.59 Å². The van der Waals surface area contributed by atoms with Crippen LogP contribution in [0.3, 0.4) is 0 Å². The highest BCUT2D eigenvalue weighted by molar-refractivity contribution is 5.89. The summed E-state index contributed by atoms with van der Waals surface area (Å²) in [6.45, 7) is 6.42. The van der Waals surface area contributed by atoms with Gasteiger partial charge in [-0.1, -0.05) is 32.1 Å². The van der Waals surface area contributed by atoms with Crippen LogP contribution in [0, 0.1) is 34.5 Å². The molecule has 1 unspecified atom stereocenters. The van der Waals surface area contributed by atoms with E-state index in [0.29, 0.717) is 36.8 Å². The molecule has 3 aliphatic carbocycles. The Bertz CT molecular complexity index is 907. The number of carbonyl (C=O) groups is 2. The summed E-state index contributed by atoms with van der Waals surface area (Å²) in [7, 11) is 4.07. The number of hydrogen-bond acceptors (Lipinski definition) is 3. The molecule has 5 nitrogen and oxygen atoms in total. The number of amides is 2. The van der Waals surface area contributed by atoms with E-state index in [2.05, 4.69) is 55.4 Å². The number of hydrogen-bond donors (Lipinski definition) is 1. The molecule has 0 aromatic rings. The fourth-order valence-corrected chi connectivity index (χ4v) is 8.50. The van der Waals surface area contributed by atoms with Gasteiger partial charge in [-0.15, -0.1) is 0 Å². The average Bonchev–Trinajstić information content (AvgIpc) is 3.12. The van der Waals surface area contributed by atoms with Crippen LogP contribution >= 0.6 is 0 Å². The van der Waals surface area contributed by atoms with Crippen LogP contribution in [0.4, 0.5) is 0 Å². The van der Waals surface area contributed by atoms with Gasteiger partial charge in [0.05, 0.1) is 6.54 Å². The zero-order valence-electron chi connectivity index (χ0n) is 20.8. The number of fused-ring (bicyclic) bond motifs is 5. The normalized spacial score (nSPS) is 41.9. The molecule has 2 aliphatic heterocycles. The van der Waals surface area contributed by atoms with E-state index in [1.165, 1.54) is 37.8 Å². The summed E-state index contributed by atoms with van der Waals surface area (Å²) in [5.74, 6) is 2.93. The zero-order chi connectivity index (χ0) is 23.4. The molecule has 2 amide bonds. The van der Waals surface area contributed by atoms with Gasteiger partial charge in [-0.25, -0.2) is 0 Å². The Kier molecular flexibility index (Phi) is 5.73. The van der Waals surface area contributed by atoms with Crippen LogP contribution < -0.4 is 5.32 Å². The predicted octanol–water partition coefficient (Wildman–Crippen LogP) is 4.13. The minimum absolute atomic E-state index is 0.0938. The summed E-state index contributed by atoms with van der Waals surface area (Å²) in [5.41, 5.74) is 1.54. The lowest BCUT2D eigenvalue weighted by molar-refractivity contribution is -0.139. The molecule has 3 fully saturated rings. The molecule has 2 heterocycles. The van der Waals surface area contributed by atoms with Crippen LogP contribution in [0.1, 0.15) is 58.8 Å². The van der Waals surface area contributed by atoms with E-state index in [-0.39, 0.29) is 22.6 Å². The Morgan fingerprint density at radius 1 is 1.12 bits per heavy atom. The van der Waals surface area contributed by atoms with Gasteiger partial charge in [0, 0.05) is 44.2 Å². The van der Waals surface area contributed by atoms with Gasteiger partial charge in [0.15, 0.2) is 0 Å². The van der Waals surface area contributed by atoms with Crippen LogP contribution in [0.5, 0.6) is 0 Å². The van der Waals surface area contributed by atoms with Gasteiger partial charge in [-0.3, -0.25) is 9.59 Å². The standard InChI is InChI=1S/C28H41N3O2/c1-27-14-12-23-21(9-11-24-28(23,2)15-13-26(33)31(24)4)22(27)10-8-19(27)17-25(32)29-18-20-7-5-6-16-30(20)3/h5-7,13,15,19,21-24H,8-12,14,16-18H2,1-4H3,(H,29,32)/t19?,21-,22-,23-,24+,27+,28+/m0/s1. The Morgan fingerprint density at radius 3 is 2.73 bits per heavy atom. The third kappa shape index (κ3) is 3.66. The largest absolute Gasteiger partial charge is 0.373 e. The van der Waals surface area contributed by atoms with Crippen molar-refractivity contribution in [1.82, 2.24) is 15.1 Å².